The summed E-state index contributed by atoms with van der Waals surface area (Å²) in [6, 6.07) is 14.7. The Kier molecular flexibility index (Phi) is 5.40. The Morgan fingerprint density at radius 1 is 0.903 bits per heavy atom. The fourth-order valence-corrected chi connectivity index (χ4v) is 3.78. The van der Waals surface area contributed by atoms with E-state index in [0.29, 0.717) is 39.7 Å². The largest absolute Gasteiger partial charge is 0.461 e. The fourth-order valence-electron chi connectivity index (χ4n) is 3.00. The van der Waals surface area contributed by atoms with Crippen LogP contribution in [0.4, 0.5) is 23.0 Å². The van der Waals surface area contributed by atoms with Gasteiger partial charge in [-0.15, -0.1) is 0 Å². The molecule has 158 valence electrons. The first kappa shape index (κ1) is 20.5. The number of anilines is 4. The van der Waals surface area contributed by atoms with Gasteiger partial charge in [0.25, 0.3) is 0 Å². The third-order valence-corrected chi connectivity index (χ3v) is 5.89. The Bertz CT molecular complexity index is 1430. The molecule has 0 amide bonds. The molecule has 0 atom stereocenters. The van der Waals surface area contributed by atoms with Crippen molar-refractivity contribution in [1.82, 2.24) is 14.7 Å². The minimum absolute atomic E-state index is 0.0960. The summed E-state index contributed by atoms with van der Waals surface area (Å²) in [7, 11) is -2.19. The minimum atomic E-state index is -3.55. The summed E-state index contributed by atoms with van der Waals surface area (Å²) in [5, 5.41) is 6.71. The predicted molar refractivity (Wildman–Crippen MR) is 119 cm³/mol. The Balaban J connectivity index is 1.57. The number of nitrogens with zero attached hydrogens (tertiary/aromatic N) is 2. The zero-order chi connectivity index (χ0) is 22.0. The number of rotatable bonds is 6. The highest BCUT2D eigenvalue weighted by molar-refractivity contribution is 7.89. The van der Waals surface area contributed by atoms with Crippen molar-refractivity contribution < 1.29 is 12.8 Å². The first-order valence-corrected chi connectivity index (χ1v) is 10.8. The highest BCUT2D eigenvalue weighted by atomic mass is 32.2. The van der Waals surface area contributed by atoms with Gasteiger partial charge >= 0.3 is 0 Å². The molecule has 9 nitrogen and oxygen atoms in total. The SMILES string of the molecule is CNS(=O)(=O)c1cccc(Nc2cc(Nc3ccc4c(=O)cc(C)oc4c3)ncn2)c1. The van der Waals surface area contributed by atoms with Gasteiger partial charge in [-0.3, -0.25) is 4.79 Å². The lowest BCUT2D eigenvalue weighted by Crippen LogP contribution is -2.18. The number of aryl methyl sites for hydroxylation is 1. The maximum atomic E-state index is 12.0. The number of hydrogen-bond acceptors (Lipinski definition) is 8. The summed E-state index contributed by atoms with van der Waals surface area (Å²) in [4.78, 5) is 20.6. The number of fused-ring (bicyclic) bond motifs is 1. The van der Waals surface area contributed by atoms with Crippen LogP contribution >= 0.6 is 0 Å². The van der Waals surface area contributed by atoms with Crippen molar-refractivity contribution in [3.8, 4) is 0 Å². The topological polar surface area (TPSA) is 126 Å². The molecule has 31 heavy (non-hydrogen) atoms. The minimum Gasteiger partial charge on any atom is -0.461 e. The van der Waals surface area contributed by atoms with Gasteiger partial charge in [0.15, 0.2) is 5.43 Å². The highest BCUT2D eigenvalue weighted by Crippen LogP contribution is 2.23. The number of benzene rings is 2. The molecule has 0 saturated heterocycles. The monoisotopic (exact) mass is 437 g/mol. The molecule has 4 rings (SSSR count). The smallest absolute Gasteiger partial charge is 0.240 e. The van der Waals surface area contributed by atoms with Crippen LogP contribution < -0.4 is 20.8 Å². The third-order valence-electron chi connectivity index (χ3n) is 4.48. The van der Waals surface area contributed by atoms with E-state index < -0.39 is 10.0 Å². The van der Waals surface area contributed by atoms with Gasteiger partial charge in [-0.2, -0.15) is 0 Å². The Morgan fingerprint density at radius 3 is 2.32 bits per heavy atom. The lowest BCUT2D eigenvalue weighted by molar-refractivity contribution is 0.565. The van der Waals surface area contributed by atoms with Crippen molar-refractivity contribution in [1.29, 1.82) is 0 Å². The van der Waals surface area contributed by atoms with Gasteiger partial charge in [-0.1, -0.05) is 6.07 Å². The molecule has 0 fully saturated rings. The van der Waals surface area contributed by atoms with E-state index in [1.54, 1.807) is 43.3 Å². The molecule has 4 aromatic rings. The number of hydrogen-bond donors (Lipinski definition) is 3. The molecular weight excluding hydrogens is 418 g/mol. The van der Waals surface area contributed by atoms with E-state index in [0.717, 1.165) is 0 Å². The molecular formula is C21H19N5O4S. The van der Waals surface area contributed by atoms with Gasteiger partial charge in [0, 0.05) is 29.6 Å². The zero-order valence-electron chi connectivity index (χ0n) is 16.7. The van der Waals surface area contributed by atoms with E-state index in [9.17, 15) is 13.2 Å². The third kappa shape index (κ3) is 4.55. The van der Waals surface area contributed by atoms with E-state index in [4.69, 9.17) is 4.42 Å². The van der Waals surface area contributed by atoms with E-state index >= 15 is 0 Å². The molecule has 0 bridgehead atoms. The second-order valence-corrected chi connectivity index (χ2v) is 8.59. The molecule has 2 heterocycles. The van der Waals surface area contributed by atoms with E-state index in [1.807, 2.05) is 0 Å². The molecule has 0 radical (unpaired) electrons. The number of nitrogens with one attached hydrogen (secondary N) is 3. The Morgan fingerprint density at radius 2 is 1.61 bits per heavy atom. The average Bonchev–Trinajstić information content (AvgIpc) is 2.74. The fraction of sp³-hybridized carbons (Fsp3) is 0.0952. The lowest BCUT2D eigenvalue weighted by atomic mass is 10.2. The summed E-state index contributed by atoms with van der Waals surface area (Å²) in [6.07, 6.45) is 1.38. The first-order chi connectivity index (χ1) is 14.8. The lowest BCUT2D eigenvalue weighted by Gasteiger charge is -2.10. The molecule has 0 unspecified atom stereocenters. The molecule has 0 aliphatic carbocycles. The molecule has 3 N–H and O–H groups in total. The van der Waals surface area contributed by atoms with Crippen molar-refractivity contribution in [3.63, 3.8) is 0 Å². The quantitative estimate of drug-likeness (QED) is 0.419. The average molecular weight is 437 g/mol. The molecule has 0 spiro atoms. The van der Waals surface area contributed by atoms with Crippen molar-refractivity contribution in [2.45, 2.75) is 11.8 Å². The van der Waals surface area contributed by atoms with Crippen molar-refractivity contribution in [2.75, 3.05) is 17.7 Å². The summed E-state index contributed by atoms with van der Waals surface area (Å²) in [5.74, 6) is 1.51. The van der Waals surface area contributed by atoms with E-state index in [-0.39, 0.29) is 10.3 Å². The van der Waals surface area contributed by atoms with Crippen LogP contribution in [0.1, 0.15) is 5.76 Å². The van der Waals surface area contributed by atoms with Crippen LogP contribution in [0.25, 0.3) is 11.0 Å². The first-order valence-electron chi connectivity index (χ1n) is 9.28. The van der Waals surface area contributed by atoms with Crippen LogP contribution in [0.2, 0.25) is 0 Å². The van der Waals surface area contributed by atoms with Gasteiger partial charge in [0.1, 0.15) is 29.3 Å². The van der Waals surface area contributed by atoms with E-state index in [1.165, 1.54) is 31.6 Å². The Hall–Kier alpha value is -3.76. The predicted octanol–water partition coefficient (Wildman–Crippen LogP) is 3.29. The second-order valence-electron chi connectivity index (χ2n) is 6.71. The molecule has 10 heteroatoms. The summed E-state index contributed by atoms with van der Waals surface area (Å²) in [6.45, 7) is 1.72. The van der Waals surface area contributed by atoms with E-state index in [2.05, 4.69) is 25.3 Å². The van der Waals surface area contributed by atoms with Gasteiger partial charge in [0.05, 0.1) is 10.3 Å². The number of sulfonamides is 1. The normalized spacial score (nSPS) is 11.4. The zero-order valence-corrected chi connectivity index (χ0v) is 17.5. The molecule has 0 aliphatic heterocycles. The summed E-state index contributed by atoms with van der Waals surface area (Å²) in [5.41, 5.74) is 1.63. The van der Waals surface area contributed by atoms with Crippen LogP contribution in [-0.4, -0.2) is 25.4 Å². The highest BCUT2D eigenvalue weighted by Gasteiger charge is 2.12. The molecule has 2 aromatic heterocycles. The van der Waals surface area contributed by atoms with Gasteiger partial charge in [-0.05, 0) is 44.3 Å². The molecule has 2 aromatic carbocycles. The molecule has 0 aliphatic rings. The van der Waals surface area contributed by atoms with Gasteiger partial charge in [-0.25, -0.2) is 23.1 Å². The van der Waals surface area contributed by atoms with Crippen molar-refractivity contribution in [3.05, 3.63) is 76.9 Å². The van der Waals surface area contributed by atoms with Crippen molar-refractivity contribution in [2.24, 2.45) is 0 Å². The van der Waals surface area contributed by atoms with Gasteiger partial charge in [0.2, 0.25) is 10.0 Å². The summed E-state index contributed by atoms with van der Waals surface area (Å²) < 4.78 is 31.9. The number of aromatic nitrogens is 2. The summed E-state index contributed by atoms with van der Waals surface area (Å²) >= 11 is 0. The Labute approximate surface area is 178 Å². The second kappa shape index (κ2) is 8.17. The van der Waals surface area contributed by atoms with Crippen LogP contribution in [-0.2, 0) is 10.0 Å². The van der Waals surface area contributed by atoms with Crippen LogP contribution in [0.15, 0.2) is 75.0 Å². The maximum absolute atomic E-state index is 12.0. The van der Waals surface area contributed by atoms with Crippen LogP contribution in [0.5, 0.6) is 0 Å². The standard InChI is InChI=1S/C21H19N5O4S/c1-13-8-18(27)17-7-6-15(10-19(17)30-13)26-21-11-20(23-12-24-21)25-14-4-3-5-16(9-14)31(28,29)22-2/h3-12,22H,1-2H3,(H2,23,24,25,26). The maximum Gasteiger partial charge on any atom is 0.240 e. The van der Waals surface area contributed by atoms with Crippen LogP contribution in [0, 0.1) is 6.92 Å². The van der Waals surface area contributed by atoms with Crippen molar-refractivity contribution >= 4 is 44.0 Å². The molecule has 0 saturated carbocycles. The van der Waals surface area contributed by atoms with Gasteiger partial charge < -0.3 is 15.1 Å². The van der Waals surface area contributed by atoms with Crippen LogP contribution in [0.3, 0.4) is 0 Å².